The fourth-order valence-electron chi connectivity index (χ4n) is 2.08. The van der Waals surface area contributed by atoms with Gasteiger partial charge < -0.3 is 9.84 Å². The topological polar surface area (TPSA) is 29.5 Å². The third-order valence-electron chi connectivity index (χ3n) is 3.03. The van der Waals surface area contributed by atoms with E-state index in [1.54, 1.807) is 0 Å². The zero-order valence-electron chi connectivity index (χ0n) is 11.8. The van der Waals surface area contributed by atoms with Gasteiger partial charge in [0.1, 0.15) is 11.9 Å². The molecule has 114 valence electrons. The van der Waals surface area contributed by atoms with E-state index >= 15 is 0 Å². The number of rotatable bonds is 3. The molecule has 0 radical (unpaired) electrons. The molecule has 1 rings (SSSR count). The molecule has 0 bridgehead atoms. The van der Waals surface area contributed by atoms with Gasteiger partial charge in [-0.1, -0.05) is 26.8 Å². The zero-order valence-corrected chi connectivity index (χ0v) is 11.8. The van der Waals surface area contributed by atoms with Crippen LogP contribution in [-0.4, -0.2) is 18.3 Å². The predicted molar refractivity (Wildman–Crippen MR) is 66.6 cm³/mol. The molecule has 0 saturated heterocycles. The Labute approximate surface area is 115 Å². The Kier molecular flexibility index (Phi) is 4.82. The van der Waals surface area contributed by atoms with Crippen LogP contribution in [0.4, 0.5) is 17.6 Å². The van der Waals surface area contributed by atoms with Crippen LogP contribution < -0.4 is 0 Å². The monoisotopic (exact) mass is 294 g/mol. The van der Waals surface area contributed by atoms with Crippen LogP contribution in [0.3, 0.4) is 0 Å². The smallest absolute Gasteiger partial charge is 0.386 e. The molecule has 0 spiro atoms. The van der Waals surface area contributed by atoms with Gasteiger partial charge in [0.15, 0.2) is 0 Å². The third-order valence-corrected chi connectivity index (χ3v) is 3.03. The van der Waals surface area contributed by atoms with Crippen LogP contribution >= 0.6 is 0 Å². The summed E-state index contributed by atoms with van der Waals surface area (Å²) >= 11 is 0. The maximum atomic E-state index is 13.5. The lowest BCUT2D eigenvalue weighted by Crippen LogP contribution is -2.34. The van der Waals surface area contributed by atoms with Crippen LogP contribution in [0.1, 0.15) is 38.0 Å². The van der Waals surface area contributed by atoms with Gasteiger partial charge in [-0.3, -0.25) is 0 Å². The number of halogens is 4. The lowest BCUT2D eigenvalue weighted by molar-refractivity contribution is -0.140. The maximum absolute atomic E-state index is 13.5. The van der Waals surface area contributed by atoms with Crippen LogP contribution in [-0.2, 0) is 10.9 Å². The second kappa shape index (κ2) is 5.69. The maximum Gasteiger partial charge on any atom is 0.419 e. The predicted octanol–water partition coefficient (Wildman–Crippen LogP) is 3.94. The second-order valence-electron chi connectivity index (χ2n) is 5.70. The van der Waals surface area contributed by atoms with Crippen molar-refractivity contribution in [3.63, 3.8) is 0 Å². The van der Waals surface area contributed by atoms with E-state index in [2.05, 4.69) is 0 Å². The highest BCUT2D eigenvalue weighted by Gasteiger charge is 2.36. The summed E-state index contributed by atoms with van der Waals surface area (Å²) in [4.78, 5) is 0. The first kappa shape index (κ1) is 16.9. The fraction of sp³-hybridized carbons (Fsp3) is 0.571. The lowest BCUT2D eigenvalue weighted by Gasteiger charge is -2.33. The molecule has 0 amide bonds. The van der Waals surface area contributed by atoms with Gasteiger partial charge in [-0.15, -0.1) is 0 Å². The lowest BCUT2D eigenvalue weighted by atomic mass is 9.83. The Morgan fingerprint density at radius 1 is 1.15 bits per heavy atom. The molecule has 2 atom stereocenters. The molecule has 1 aromatic carbocycles. The Morgan fingerprint density at radius 3 is 2.05 bits per heavy atom. The third kappa shape index (κ3) is 3.70. The Hall–Kier alpha value is -1.14. The molecule has 0 fully saturated rings. The van der Waals surface area contributed by atoms with Crippen LogP contribution in [0.2, 0.25) is 0 Å². The number of aliphatic hydroxyl groups is 1. The second-order valence-corrected chi connectivity index (χ2v) is 5.70. The number of alkyl halides is 3. The summed E-state index contributed by atoms with van der Waals surface area (Å²) in [7, 11) is 1.39. The summed E-state index contributed by atoms with van der Waals surface area (Å²) in [6, 6.07) is 2.39. The highest BCUT2D eigenvalue weighted by molar-refractivity contribution is 5.28. The summed E-state index contributed by atoms with van der Waals surface area (Å²) < 4.78 is 56.1. The van der Waals surface area contributed by atoms with E-state index in [0.717, 1.165) is 6.07 Å². The molecule has 20 heavy (non-hydrogen) atoms. The minimum atomic E-state index is -4.75. The molecule has 0 heterocycles. The van der Waals surface area contributed by atoms with Crippen LogP contribution in [0, 0.1) is 11.2 Å². The quantitative estimate of drug-likeness (QED) is 0.856. The van der Waals surface area contributed by atoms with E-state index in [9.17, 15) is 22.7 Å². The van der Waals surface area contributed by atoms with E-state index in [1.165, 1.54) is 7.11 Å². The molecule has 2 unspecified atom stereocenters. The van der Waals surface area contributed by atoms with Gasteiger partial charge >= 0.3 is 6.18 Å². The highest BCUT2D eigenvalue weighted by atomic mass is 19.4. The summed E-state index contributed by atoms with van der Waals surface area (Å²) in [6.45, 7) is 5.43. The van der Waals surface area contributed by atoms with E-state index in [4.69, 9.17) is 4.74 Å². The first-order chi connectivity index (χ1) is 8.98. The fourth-order valence-corrected chi connectivity index (χ4v) is 2.08. The van der Waals surface area contributed by atoms with E-state index < -0.39 is 35.2 Å². The van der Waals surface area contributed by atoms with Crippen molar-refractivity contribution < 1.29 is 27.4 Å². The zero-order chi connectivity index (χ0) is 15.7. The van der Waals surface area contributed by atoms with E-state index in [0.29, 0.717) is 12.1 Å². The van der Waals surface area contributed by atoms with Gasteiger partial charge in [-0.05, 0) is 23.1 Å². The Bertz CT molecular complexity index is 463. The van der Waals surface area contributed by atoms with Gasteiger partial charge in [0.2, 0.25) is 0 Å². The summed E-state index contributed by atoms with van der Waals surface area (Å²) in [6.07, 6.45) is -6.63. The number of aliphatic hydroxyl groups excluding tert-OH is 1. The van der Waals surface area contributed by atoms with Crippen molar-refractivity contribution in [2.45, 2.75) is 39.2 Å². The molecule has 2 nitrogen and oxygen atoms in total. The van der Waals surface area contributed by atoms with Crippen molar-refractivity contribution in [2.24, 2.45) is 5.41 Å². The van der Waals surface area contributed by atoms with Gasteiger partial charge in [0, 0.05) is 7.11 Å². The van der Waals surface area contributed by atoms with Crippen molar-refractivity contribution in [2.75, 3.05) is 7.11 Å². The first-order valence-corrected chi connectivity index (χ1v) is 6.06. The van der Waals surface area contributed by atoms with E-state index in [1.807, 2.05) is 20.8 Å². The number of benzene rings is 1. The molecule has 0 aliphatic heterocycles. The Morgan fingerprint density at radius 2 is 1.70 bits per heavy atom. The largest absolute Gasteiger partial charge is 0.419 e. The van der Waals surface area contributed by atoms with Gasteiger partial charge in [-0.2, -0.15) is 13.2 Å². The highest BCUT2D eigenvalue weighted by Crippen LogP contribution is 2.36. The molecule has 1 aromatic rings. The molecular weight excluding hydrogens is 276 g/mol. The number of hydrogen-bond acceptors (Lipinski definition) is 2. The van der Waals surface area contributed by atoms with Crippen LogP contribution in [0.15, 0.2) is 18.2 Å². The first-order valence-electron chi connectivity index (χ1n) is 6.06. The summed E-state index contributed by atoms with van der Waals surface area (Å²) in [5.74, 6) is -1.40. The van der Waals surface area contributed by atoms with Crippen molar-refractivity contribution in [1.29, 1.82) is 0 Å². The van der Waals surface area contributed by atoms with Crippen molar-refractivity contribution in [3.05, 3.63) is 35.1 Å². The normalized spacial score (nSPS) is 16.1. The Balaban J connectivity index is 3.13. The molecule has 1 N–H and O–H groups in total. The van der Waals surface area contributed by atoms with E-state index in [-0.39, 0.29) is 5.56 Å². The minimum Gasteiger partial charge on any atom is -0.386 e. The van der Waals surface area contributed by atoms with Gasteiger partial charge in [0.05, 0.1) is 11.7 Å². The SMILES string of the molecule is COC(C(O)c1ccc(C(F)(F)F)c(F)c1)C(C)(C)C. The average Bonchev–Trinajstić information content (AvgIpc) is 2.25. The molecular formula is C14H18F4O2. The van der Waals surface area contributed by atoms with Crippen LogP contribution in [0.25, 0.3) is 0 Å². The number of ether oxygens (including phenoxy) is 1. The molecule has 6 heteroatoms. The van der Waals surface area contributed by atoms with Gasteiger partial charge in [-0.25, -0.2) is 4.39 Å². The average molecular weight is 294 g/mol. The van der Waals surface area contributed by atoms with Crippen LogP contribution in [0.5, 0.6) is 0 Å². The standard InChI is InChI=1S/C14H18F4O2/c1-13(2,3)12(20-4)11(19)8-5-6-9(10(15)7-8)14(16,17)18/h5-7,11-12,19H,1-4H3. The summed E-state index contributed by atoms with van der Waals surface area (Å²) in [5.41, 5.74) is -1.75. The molecule has 0 aliphatic rings. The summed E-state index contributed by atoms with van der Waals surface area (Å²) in [5, 5.41) is 10.2. The minimum absolute atomic E-state index is 0.0530. The molecule has 0 aliphatic carbocycles. The van der Waals surface area contributed by atoms with Crippen molar-refractivity contribution in [3.8, 4) is 0 Å². The van der Waals surface area contributed by atoms with Crippen molar-refractivity contribution >= 4 is 0 Å². The van der Waals surface area contributed by atoms with Gasteiger partial charge in [0.25, 0.3) is 0 Å². The molecule has 0 saturated carbocycles. The number of hydrogen-bond donors (Lipinski definition) is 1. The number of methoxy groups -OCH3 is 1. The van der Waals surface area contributed by atoms with Crippen molar-refractivity contribution in [1.82, 2.24) is 0 Å². The molecule has 0 aromatic heterocycles.